The fourth-order valence-corrected chi connectivity index (χ4v) is 3.68. The SMILES string of the molecule is COCCn1c(SCc2cc(-c3ccco3)on2)nnc1-c1cccc(C)c1. The number of aryl methyl sites for hydroxylation is 1. The van der Waals surface area contributed by atoms with Crippen LogP contribution in [0.1, 0.15) is 11.3 Å². The maximum absolute atomic E-state index is 5.36. The van der Waals surface area contributed by atoms with Crippen molar-refractivity contribution in [1.29, 1.82) is 0 Å². The molecule has 1 aromatic carbocycles. The number of ether oxygens (including phenoxy) is 1. The quantitative estimate of drug-likeness (QED) is 0.407. The lowest BCUT2D eigenvalue weighted by molar-refractivity contribution is 0.185. The lowest BCUT2D eigenvalue weighted by atomic mass is 10.1. The van der Waals surface area contributed by atoms with E-state index in [1.54, 1.807) is 25.1 Å². The van der Waals surface area contributed by atoms with Crippen molar-refractivity contribution in [3.8, 4) is 22.9 Å². The third-order valence-electron chi connectivity index (χ3n) is 4.18. The molecule has 0 unspecified atom stereocenters. The second-order valence-corrected chi connectivity index (χ2v) is 7.21. The van der Waals surface area contributed by atoms with Gasteiger partial charge in [-0.3, -0.25) is 4.57 Å². The van der Waals surface area contributed by atoms with Crippen molar-refractivity contribution in [2.24, 2.45) is 0 Å². The summed E-state index contributed by atoms with van der Waals surface area (Å²) in [6, 6.07) is 13.8. The predicted molar refractivity (Wildman–Crippen MR) is 106 cm³/mol. The second kappa shape index (κ2) is 8.45. The average molecular weight is 396 g/mol. The maximum Gasteiger partial charge on any atom is 0.202 e. The third kappa shape index (κ3) is 4.02. The van der Waals surface area contributed by atoms with E-state index >= 15 is 0 Å². The Kier molecular flexibility index (Phi) is 5.59. The van der Waals surface area contributed by atoms with Crippen LogP contribution in [0.15, 0.2) is 62.8 Å². The summed E-state index contributed by atoms with van der Waals surface area (Å²) in [7, 11) is 1.69. The summed E-state index contributed by atoms with van der Waals surface area (Å²) in [5, 5.41) is 13.7. The topological polar surface area (TPSA) is 79.1 Å². The molecule has 0 radical (unpaired) electrons. The highest BCUT2D eigenvalue weighted by Crippen LogP contribution is 2.28. The maximum atomic E-state index is 5.36. The van der Waals surface area contributed by atoms with Crippen LogP contribution in [0.3, 0.4) is 0 Å². The number of methoxy groups -OCH3 is 1. The van der Waals surface area contributed by atoms with Gasteiger partial charge in [-0.05, 0) is 25.1 Å². The molecule has 144 valence electrons. The van der Waals surface area contributed by atoms with Gasteiger partial charge >= 0.3 is 0 Å². The van der Waals surface area contributed by atoms with Gasteiger partial charge in [-0.15, -0.1) is 10.2 Å². The summed E-state index contributed by atoms with van der Waals surface area (Å²) in [6.45, 7) is 3.32. The molecule has 0 amide bonds. The van der Waals surface area contributed by atoms with Gasteiger partial charge in [0.05, 0.1) is 25.1 Å². The van der Waals surface area contributed by atoms with Gasteiger partial charge in [0, 0.05) is 24.5 Å². The first kappa shape index (κ1) is 18.5. The van der Waals surface area contributed by atoms with Crippen LogP contribution in [0.25, 0.3) is 22.9 Å². The number of rotatable bonds is 8. The Bertz CT molecular complexity index is 1040. The van der Waals surface area contributed by atoms with Crippen LogP contribution < -0.4 is 0 Å². The Morgan fingerprint density at radius 1 is 1.11 bits per heavy atom. The summed E-state index contributed by atoms with van der Waals surface area (Å²) < 4.78 is 18.0. The highest BCUT2D eigenvalue weighted by molar-refractivity contribution is 7.98. The molecule has 28 heavy (non-hydrogen) atoms. The van der Waals surface area contributed by atoms with Gasteiger partial charge in [-0.1, -0.05) is 40.7 Å². The van der Waals surface area contributed by atoms with Crippen molar-refractivity contribution in [2.75, 3.05) is 13.7 Å². The number of furan rings is 1. The highest BCUT2D eigenvalue weighted by Gasteiger charge is 2.16. The van der Waals surface area contributed by atoms with Crippen molar-refractivity contribution in [2.45, 2.75) is 24.4 Å². The van der Waals surface area contributed by atoms with Crippen LogP contribution in [0, 0.1) is 6.92 Å². The fourth-order valence-electron chi connectivity index (χ4n) is 2.83. The minimum atomic E-state index is 0.580. The molecular weight excluding hydrogens is 376 g/mol. The molecule has 4 aromatic rings. The monoisotopic (exact) mass is 396 g/mol. The summed E-state index contributed by atoms with van der Waals surface area (Å²) >= 11 is 1.56. The molecule has 0 fully saturated rings. The van der Waals surface area contributed by atoms with Gasteiger partial charge in [0.25, 0.3) is 0 Å². The number of hydrogen-bond acceptors (Lipinski definition) is 7. The molecule has 0 spiro atoms. The molecule has 0 aliphatic heterocycles. The first-order valence-electron chi connectivity index (χ1n) is 8.86. The third-order valence-corrected chi connectivity index (χ3v) is 5.18. The summed E-state index contributed by atoms with van der Waals surface area (Å²) in [5.41, 5.74) is 3.04. The largest absolute Gasteiger partial charge is 0.461 e. The van der Waals surface area contributed by atoms with Gasteiger partial charge in [0.1, 0.15) is 0 Å². The van der Waals surface area contributed by atoms with E-state index in [0.717, 1.165) is 22.2 Å². The van der Waals surface area contributed by atoms with E-state index in [0.29, 0.717) is 30.4 Å². The number of thioether (sulfide) groups is 1. The van der Waals surface area contributed by atoms with Gasteiger partial charge in [0.2, 0.25) is 5.76 Å². The number of benzene rings is 1. The molecule has 3 aromatic heterocycles. The Labute approximate surface area is 166 Å². The molecular formula is C20H20N4O3S. The fraction of sp³-hybridized carbons (Fsp3) is 0.250. The smallest absolute Gasteiger partial charge is 0.202 e. The van der Waals surface area contributed by atoms with Crippen LogP contribution in [0.4, 0.5) is 0 Å². The molecule has 7 nitrogen and oxygen atoms in total. The van der Waals surface area contributed by atoms with E-state index in [4.69, 9.17) is 13.7 Å². The van der Waals surface area contributed by atoms with Crippen molar-refractivity contribution in [3.63, 3.8) is 0 Å². The molecule has 0 bridgehead atoms. The first-order valence-corrected chi connectivity index (χ1v) is 9.84. The highest BCUT2D eigenvalue weighted by atomic mass is 32.2. The molecule has 0 aliphatic rings. The zero-order valence-corrected chi connectivity index (χ0v) is 16.5. The van der Waals surface area contributed by atoms with Crippen LogP contribution in [0.2, 0.25) is 0 Å². The van der Waals surface area contributed by atoms with E-state index in [2.05, 4.69) is 39.0 Å². The summed E-state index contributed by atoms with van der Waals surface area (Å²) in [5.74, 6) is 2.72. The lowest BCUT2D eigenvalue weighted by Gasteiger charge is -2.09. The molecule has 0 atom stereocenters. The number of nitrogens with zero attached hydrogens (tertiary/aromatic N) is 4. The molecule has 0 N–H and O–H groups in total. The molecule has 0 saturated heterocycles. The second-order valence-electron chi connectivity index (χ2n) is 6.27. The van der Waals surface area contributed by atoms with Crippen molar-refractivity contribution < 1.29 is 13.7 Å². The van der Waals surface area contributed by atoms with E-state index in [1.807, 2.05) is 30.3 Å². The van der Waals surface area contributed by atoms with Crippen LogP contribution in [-0.4, -0.2) is 33.6 Å². The number of aromatic nitrogens is 4. The van der Waals surface area contributed by atoms with Crippen molar-refractivity contribution in [1.82, 2.24) is 19.9 Å². The molecule has 0 saturated carbocycles. The molecule has 8 heteroatoms. The summed E-state index contributed by atoms with van der Waals surface area (Å²) in [4.78, 5) is 0. The van der Waals surface area contributed by atoms with Crippen LogP contribution >= 0.6 is 11.8 Å². The Morgan fingerprint density at radius 3 is 2.82 bits per heavy atom. The molecule has 3 heterocycles. The van der Waals surface area contributed by atoms with Gasteiger partial charge in [0.15, 0.2) is 16.7 Å². The minimum Gasteiger partial charge on any atom is -0.461 e. The zero-order chi connectivity index (χ0) is 19.3. The average Bonchev–Trinajstić information content (AvgIpc) is 3.45. The van der Waals surface area contributed by atoms with Crippen molar-refractivity contribution >= 4 is 11.8 Å². The van der Waals surface area contributed by atoms with E-state index in [9.17, 15) is 0 Å². The van der Waals surface area contributed by atoms with Crippen LogP contribution in [0.5, 0.6) is 0 Å². The number of hydrogen-bond donors (Lipinski definition) is 0. The predicted octanol–water partition coefficient (Wildman–Crippen LogP) is 4.44. The van der Waals surface area contributed by atoms with E-state index in [-0.39, 0.29) is 0 Å². The van der Waals surface area contributed by atoms with Crippen molar-refractivity contribution in [3.05, 3.63) is 60.0 Å². The minimum absolute atomic E-state index is 0.580. The van der Waals surface area contributed by atoms with Gasteiger partial charge in [-0.25, -0.2) is 0 Å². The van der Waals surface area contributed by atoms with Crippen LogP contribution in [-0.2, 0) is 17.0 Å². The Balaban J connectivity index is 1.54. The first-order chi connectivity index (χ1) is 13.7. The van der Waals surface area contributed by atoms with E-state index < -0.39 is 0 Å². The van der Waals surface area contributed by atoms with Gasteiger partial charge < -0.3 is 13.7 Å². The summed E-state index contributed by atoms with van der Waals surface area (Å²) in [6.07, 6.45) is 1.61. The Hall–Kier alpha value is -2.84. The Morgan fingerprint density at radius 2 is 2.04 bits per heavy atom. The zero-order valence-electron chi connectivity index (χ0n) is 15.7. The van der Waals surface area contributed by atoms with E-state index in [1.165, 1.54) is 5.56 Å². The lowest BCUT2D eigenvalue weighted by Crippen LogP contribution is -2.07. The molecule has 0 aliphatic carbocycles. The standard InChI is InChI=1S/C20H20N4O3S/c1-14-5-3-6-15(11-14)19-21-22-20(24(19)8-10-25-2)28-13-16-12-18(27-23-16)17-7-4-9-26-17/h3-7,9,11-12H,8,10,13H2,1-2H3. The van der Waals surface area contributed by atoms with Gasteiger partial charge in [-0.2, -0.15) is 0 Å². The molecule has 4 rings (SSSR count). The normalized spacial score (nSPS) is 11.2.